The summed E-state index contributed by atoms with van der Waals surface area (Å²) in [5.74, 6) is 1.59. The molecule has 1 N–H and O–H groups in total. The van der Waals surface area contributed by atoms with E-state index in [2.05, 4.69) is 31.3 Å². The zero-order valence-corrected chi connectivity index (χ0v) is 8.93. The smallest absolute Gasteiger partial charge is 0.00207 e. The van der Waals surface area contributed by atoms with Gasteiger partial charge in [-0.25, -0.2) is 0 Å². The number of nitrogens with one attached hydrogen (secondary N) is 1. The molecule has 2 unspecified atom stereocenters. The molecule has 1 aliphatic carbocycles. The highest BCUT2D eigenvalue weighted by atomic mass is 14.9. The van der Waals surface area contributed by atoms with Gasteiger partial charge >= 0.3 is 0 Å². The fraction of sp³-hybridized carbons (Fsp3) is 0.538. The predicted molar refractivity (Wildman–Crippen MR) is 58.9 cm³/mol. The number of aryl methyl sites for hydroxylation is 2. The van der Waals surface area contributed by atoms with Crippen LogP contribution in [-0.2, 0) is 0 Å². The molecule has 1 fully saturated rings. The molecule has 2 atom stereocenters. The summed E-state index contributed by atoms with van der Waals surface area (Å²) in [5.41, 5.74) is 6.17. The van der Waals surface area contributed by atoms with Crippen molar-refractivity contribution in [1.82, 2.24) is 5.32 Å². The Morgan fingerprint density at radius 2 is 1.50 bits per heavy atom. The Labute approximate surface area is 85.5 Å². The number of piperidine rings is 1. The molecule has 1 aromatic rings. The second kappa shape index (κ2) is 2.83. The van der Waals surface area contributed by atoms with Crippen molar-refractivity contribution in [3.8, 4) is 0 Å². The van der Waals surface area contributed by atoms with Crippen LogP contribution in [0.15, 0.2) is 12.1 Å². The number of hydrogen-bond donors (Lipinski definition) is 1. The lowest BCUT2D eigenvalue weighted by molar-refractivity contribution is 0.453. The van der Waals surface area contributed by atoms with Gasteiger partial charge in [-0.3, -0.25) is 0 Å². The molecule has 1 nitrogen and oxygen atoms in total. The van der Waals surface area contributed by atoms with Gasteiger partial charge in [-0.1, -0.05) is 12.1 Å². The molecular weight excluding hydrogens is 170 g/mol. The standard InChI is InChI=1S/C13H17N/c1-8-3-12-10-5-11(7-14-6-10)13(12)4-9(8)2/h3-4,10-11,14H,5-7H2,1-2H3. The van der Waals surface area contributed by atoms with E-state index in [1.807, 2.05) is 0 Å². The van der Waals surface area contributed by atoms with Crippen LogP contribution in [0.3, 0.4) is 0 Å². The summed E-state index contributed by atoms with van der Waals surface area (Å²) in [6.07, 6.45) is 1.38. The molecule has 2 aliphatic rings. The molecule has 14 heavy (non-hydrogen) atoms. The maximum Gasteiger partial charge on any atom is 0.00207 e. The lowest BCUT2D eigenvalue weighted by Crippen LogP contribution is -2.28. The van der Waals surface area contributed by atoms with Crippen molar-refractivity contribution in [1.29, 1.82) is 0 Å². The first-order valence-electron chi connectivity index (χ1n) is 5.57. The molecule has 74 valence electrons. The minimum atomic E-state index is 0.794. The Bertz CT molecular complexity index is 346. The Balaban J connectivity index is 2.17. The van der Waals surface area contributed by atoms with Crippen LogP contribution in [0, 0.1) is 13.8 Å². The summed E-state index contributed by atoms with van der Waals surface area (Å²) in [6.45, 7) is 6.83. The largest absolute Gasteiger partial charge is 0.316 e. The highest BCUT2D eigenvalue weighted by Gasteiger charge is 2.34. The molecule has 0 spiro atoms. The van der Waals surface area contributed by atoms with E-state index < -0.39 is 0 Å². The van der Waals surface area contributed by atoms with Crippen molar-refractivity contribution >= 4 is 0 Å². The van der Waals surface area contributed by atoms with Crippen molar-refractivity contribution in [3.05, 3.63) is 34.4 Å². The molecule has 1 aliphatic heterocycles. The van der Waals surface area contributed by atoms with Gasteiger partial charge in [-0.2, -0.15) is 0 Å². The lowest BCUT2D eigenvalue weighted by atomic mass is 9.97. The zero-order valence-electron chi connectivity index (χ0n) is 8.93. The first-order valence-corrected chi connectivity index (χ1v) is 5.57. The first-order chi connectivity index (χ1) is 6.75. The summed E-state index contributed by atoms with van der Waals surface area (Å²) < 4.78 is 0. The van der Waals surface area contributed by atoms with Crippen LogP contribution in [-0.4, -0.2) is 13.1 Å². The molecule has 0 radical (unpaired) electrons. The molecule has 3 rings (SSSR count). The highest BCUT2D eigenvalue weighted by Crippen LogP contribution is 2.44. The summed E-state index contributed by atoms with van der Waals surface area (Å²) >= 11 is 0. The predicted octanol–water partition coefficient (Wildman–Crippen LogP) is 2.48. The molecule has 0 aromatic heterocycles. The second-order valence-electron chi connectivity index (χ2n) is 4.85. The first kappa shape index (κ1) is 8.49. The third-order valence-electron chi connectivity index (χ3n) is 3.93. The SMILES string of the molecule is Cc1cc2c(cc1C)C1CNCC2C1. The van der Waals surface area contributed by atoms with Gasteiger partial charge in [-0.05, 0) is 54.4 Å². The highest BCUT2D eigenvalue weighted by molar-refractivity contribution is 5.45. The summed E-state index contributed by atoms with van der Waals surface area (Å²) in [5, 5.41) is 3.53. The van der Waals surface area contributed by atoms with Gasteiger partial charge in [0.15, 0.2) is 0 Å². The van der Waals surface area contributed by atoms with E-state index in [1.165, 1.54) is 30.6 Å². The van der Waals surface area contributed by atoms with Crippen LogP contribution < -0.4 is 5.32 Å². The minimum Gasteiger partial charge on any atom is -0.316 e. The van der Waals surface area contributed by atoms with Crippen LogP contribution >= 0.6 is 0 Å². The van der Waals surface area contributed by atoms with Gasteiger partial charge in [-0.15, -0.1) is 0 Å². The molecular formula is C13H17N. The molecule has 1 heteroatoms. The monoisotopic (exact) mass is 187 g/mol. The average molecular weight is 187 g/mol. The Kier molecular flexibility index (Phi) is 1.72. The molecule has 0 amide bonds. The molecule has 0 saturated carbocycles. The Morgan fingerprint density at radius 1 is 1.00 bits per heavy atom. The van der Waals surface area contributed by atoms with Gasteiger partial charge in [0, 0.05) is 13.1 Å². The van der Waals surface area contributed by atoms with E-state index in [4.69, 9.17) is 0 Å². The van der Waals surface area contributed by atoms with Gasteiger partial charge in [0.1, 0.15) is 0 Å². The van der Waals surface area contributed by atoms with Crippen molar-refractivity contribution in [2.24, 2.45) is 0 Å². The number of fused-ring (bicyclic) bond motifs is 5. The van der Waals surface area contributed by atoms with Crippen LogP contribution in [0.1, 0.15) is 40.5 Å². The minimum absolute atomic E-state index is 0.794. The number of hydrogen-bond acceptors (Lipinski definition) is 1. The van der Waals surface area contributed by atoms with Gasteiger partial charge < -0.3 is 5.32 Å². The van der Waals surface area contributed by atoms with E-state index in [9.17, 15) is 0 Å². The second-order valence-corrected chi connectivity index (χ2v) is 4.85. The van der Waals surface area contributed by atoms with Gasteiger partial charge in [0.2, 0.25) is 0 Å². The number of rotatable bonds is 0. The van der Waals surface area contributed by atoms with Gasteiger partial charge in [0.25, 0.3) is 0 Å². The lowest BCUT2D eigenvalue weighted by Gasteiger charge is -2.19. The maximum absolute atomic E-state index is 3.53. The van der Waals surface area contributed by atoms with E-state index in [0.717, 1.165) is 11.8 Å². The third-order valence-corrected chi connectivity index (χ3v) is 3.93. The van der Waals surface area contributed by atoms with Gasteiger partial charge in [0.05, 0.1) is 0 Å². The number of benzene rings is 1. The van der Waals surface area contributed by atoms with Crippen LogP contribution in [0.2, 0.25) is 0 Å². The third kappa shape index (κ3) is 1.05. The topological polar surface area (TPSA) is 12.0 Å². The van der Waals surface area contributed by atoms with Crippen LogP contribution in [0.4, 0.5) is 0 Å². The molecule has 1 aromatic carbocycles. The Hall–Kier alpha value is -0.820. The van der Waals surface area contributed by atoms with Crippen LogP contribution in [0.5, 0.6) is 0 Å². The average Bonchev–Trinajstić information content (AvgIpc) is 2.42. The maximum atomic E-state index is 3.53. The van der Waals surface area contributed by atoms with Crippen molar-refractivity contribution in [2.45, 2.75) is 32.1 Å². The van der Waals surface area contributed by atoms with E-state index in [1.54, 1.807) is 11.1 Å². The van der Waals surface area contributed by atoms with Crippen molar-refractivity contribution in [2.75, 3.05) is 13.1 Å². The summed E-state index contributed by atoms with van der Waals surface area (Å²) in [6, 6.07) is 4.84. The van der Waals surface area contributed by atoms with Crippen LogP contribution in [0.25, 0.3) is 0 Å². The normalized spacial score (nSPS) is 29.0. The quantitative estimate of drug-likeness (QED) is 0.658. The van der Waals surface area contributed by atoms with Crippen molar-refractivity contribution in [3.63, 3.8) is 0 Å². The fourth-order valence-electron chi connectivity index (χ4n) is 2.98. The van der Waals surface area contributed by atoms with E-state index in [0.29, 0.717) is 0 Å². The molecule has 1 saturated heterocycles. The fourth-order valence-corrected chi connectivity index (χ4v) is 2.98. The molecule has 1 heterocycles. The summed E-state index contributed by atoms with van der Waals surface area (Å²) in [4.78, 5) is 0. The van der Waals surface area contributed by atoms with E-state index in [-0.39, 0.29) is 0 Å². The zero-order chi connectivity index (χ0) is 9.71. The van der Waals surface area contributed by atoms with E-state index >= 15 is 0 Å². The van der Waals surface area contributed by atoms with Crippen molar-refractivity contribution < 1.29 is 0 Å². The molecule has 2 bridgehead atoms. The summed E-state index contributed by atoms with van der Waals surface area (Å²) in [7, 11) is 0. The Morgan fingerprint density at radius 3 is 2.00 bits per heavy atom.